The summed E-state index contributed by atoms with van der Waals surface area (Å²) in [7, 11) is 0. The van der Waals surface area contributed by atoms with E-state index in [2.05, 4.69) is 38.5 Å². The van der Waals surface area contributed by atoms with Crippen LogP contribution in [-0.4, -0.2) is 11.9 Å². The van der Waals surface area contributed by atoms with Crippen molar-refractivity contribution in [2.75, 3.05) is 10.6 Å². The summed E-state index contributed by atoms with van der Waals surface area (Å²) in [6.45, 7) is 4.33. The van der Waals surface area contributed by atoms with Gasteiger partial charge in [0.2, 0.25) is 0 Å². The van der Waals surface area contributed by atoms with E-state index in [4.69, 9.17) is 0 Å². The standard InChI is InChI=1S/C23H22IN3O2/c1-15-6-3-9-18(12-15)26-23(29)27-19-10-5-8-17(13-19)14-25-22(28)20-11-4-7-16(2)21(20)24/h3-13H,14H2,1-2H3,(H,25,28)(H2,26,27,29). The molecule has 3 rings (SSSR count). The number of amides is 3. The van der Waals surface area contributed by atoms with Crippen LogP contribution < -0.4 is 16.0 Å². The molecule has 3 amide bonds. The molecule has 0 aliphatic rings. The minimum Gasteiger partial charge on any atom is -0.348 e. The molecular formula is C23H22IN3O2. The molecule has 0 radical (unpaired) electrons. The van der Waals surface area contributed by atoms with Gasteiger partial charge in [-0.2, -0.15) is 0 Å². The molecule has 0 atom stereocenters. The van der Waals surface area contributed by atoms with E-state index in [9.17, 15) is 9.59 Å². The third-order valence-electron chi connectivity index (χ3n) is 4.35. The van der Waals surface area contributed by atoms with Crippen LogP contribution in [0.15, 0.2) is 66.7 Å². The zero-order valence-corrected chi connectivity index (χ0v) is 18.4. The SMILES string of the molecule is Cc1cccc(NC(=O)Nc2cccc(CNC(=O)c3cccc(C)c3I)c2)c1. The van der Waals surface area contributed by atoms with Crippen molar-refractivity contribution >= 4 is 45.9 Å². The largest absolute Gasteiger partial charge is 0.348 e. The highest BCUT2D eigenvalue weighted by Gasteiger charge is 2.11. The van der Waals surface area contributed by atoms with Crippen LogP contribution in [0.4, 0.5) is 16.2 Å². The maximum Gasteiger partial charge on any atom is 0.323 e. The number of anilines is 2. The van der Waals surface area contributed by atoms with Gasteiger partial charge in [-0.15, -0.1) is 0 Å². The van der Waals surface area contributed by atoms with Crippen molar-refractivity contribution in [1.82, 2.24) is 5.32 Å². The number of rotatable bonds is 5. The summed E-state index contributed by atoms with van der Waals surface area (Å²) < 4.78 is 0.950. The van der Waals surface area contributed by atoms with Gasteiger partial charge in [-0.05, 0) is 83.5 Å². The van der Waals surface area contributed by atoms with Gasteiger partial charge in [0, 0.05) is 21.5 Å². The topological polar surface area (TPSA) is 70.2 Å². The molecule has 3 aromatic rings. The van der Waals surface area contributed by atoms with E-state index in [1.54, 1.807) is 0 Å². The molecule has 3 N–H and O–H groups in total. The summed E-state index contributed by atoms with van der Waals surface area (Å²) >= 11 is 2.19. The number of nitrogens with one attached hydrogen (secondary N) is 3. The molecule has 0 bridgehead atoms. The molecule has 148 valence electrons. The normalized spacial score (nSPS) is 10.3. The van der Waals surface area contributed by atoms with Gasteiger partial charge >= 0.3 is 6.03 Å². The number of benzene rings is 3. The van der Waals surface area contributed by atoms with Crippen LogP contribution >= 0.6 is 22.6 Å². The lowest BCUT2D eigenvalue weighted by Gasteiger charge is -2.11. The maximum atomic E-state index is 12.5. The lowest BCUT2D eigenvalue weighted by Crippen LogP contribution is -2.24. The van der Waals surface area contributed by atoms with Crippen LogP contribution in [-0.2, 0) is 6.54 Å². The van der Waals surface area contributed by atoms with Gasteiger partial charge in [-0.1, -0.05) is 36.4 Å². The first-order valence-electron chi connectivity index (χ1n) is 9.19. The van der Waals surface area contributed by atoms with E-state index in [0.29, 0.717) is 17.8 Å². The van der Waals surface area contributed by atoms with Gasteiger partial charge in [0.05, 0.1) is 5.56 Å². The maximum absolute atomic E-state index is 12.5. The Balaban J connectivity index is 1.60. The molecule has 0 fully saturated rings. The fourth-order valence-corrected chi connectivity index (χ4v) is 3.48. The van der Waals surface area contributed by atoms with Crippen molar-refractivity contribution in [3.05, 3.63) is 92.6 Å². The number of urea groups is 1. The molecule has 0 saturated heterocycles. The zero-order valence-electron chi connectivity index (χ0n) is 16.3. The van der Waals surface area contributed by atoms with E-state index in [-0.39, 0.29) is 11.9 Å². The van der Waals surface area contributed by atoms with Gasteiger partial charge in [-0.25, -0.2) is 4.79 Å². The van der Waals surface area contributed by atoms with Crippen molar-refractivity contribution in [1.29, 1.82) is 0 Å². The summed E-state index contributed by atoms with van der Waals surface area (Å²) in [5.41, 5.74) is 5.10. The second-order valence-corrected chi connectivity index (χ2v) is 7.85. The summed E-state index contributed by atoms with van der Waals surface area (Å²) in [5, 5.41) is 8.57. The Hall–Kier alpha value is -2.87. The average molecular weight is 499 g/mol. The minimum absolute atomic E-state index is 0.117. The molecule has 0 saturated carbocycles. The summed E-state index contributed by atoms with van der Waals surface area (Å²) in [6.07, 6.45) is 0. The first-order valence-corrected chi connectivity index (χ1v) is 10.3. The van der Waals surface area contributed by atoms with Crippen LogP contribution in [0.2, 0.25) is 0 Å². The van der Waals surface area contributed by atoms with Gasteiger partial charge in [0.1, 0.15) is 0 Å². The lowest BCUT2D eigenvalue weighted by molar-refractivity contribution is 0.0950. The van der Waals surface area contributed by atoms with E-state index in [1.165, 1.54) is 0 Å². The Morgan fingerprint density at radius 2 is 1.52 bits per heavy atom. The smallest absolute Gasteiger partial charge is 0.323 e. The van der Waals surface area contributed by atoms with Crippen molar-refractivity contribution in [2.45, 2.75) is 20.4 Å². The Labute approximate surface area is 184 Å². The fourth-order valence-electron chi connectivity index (χ4n) is 2.88. The highest BCUT2D eigenvalue weighted by Crippen LogP contribution is 2.17. The molecule has 0 unspecified atom stereocenters. The Morgan fingerprint density at radius 1 is 0.862 bits per heavy atom. The van der Waals surface area contributed by atoms with Crippen molar-refractivity contribution in [3.8, 4) is 0 Å². The third kappa shape index (κ3) is 5.80. The van der Waals surface area contributed by atoms with Crippen molar-refractivity contribution in [3.63, 3.8) is 0 Å². The van der Waals surface area contributed by atoms with Gasteiger partial charge in [-0.3, -0.25) is 4.79 Å². The van der Waals surface area contributed by atoms with Crippen LogP contribution in [0.5, 0.6) is 0 Å². The predicted octanol–water partition coefficient (Wildman–Crippen LogP) is 5.48. The second-order valence-electron chi connectivity index (χ2n) is 6.77. The van der Waals surface area contributed by atoms with Crippen LogP contribution in [0.3, 0.4) is 0 Å². The van der Waals surface area contributed by atoms with Gasteiger partial charge in [0.25, 0.3) is 5.91 Å². The fraction of sp³-hybridized carbons (Fsp3) is 0.130. The molecule has 29 heavy (non-hydrogen) atoms. The molecule has 0 spiro atoms. The Morgan fingerprint density at radius 3 is 2.24 bits per heavy atom. The predicted molar refractivity (Wildman–Crippen MR) is 125 cm³/mol. The number of hydrogen-bond acceptors (Lipinski definition) is 2. The third-order valence-corrected chi connectivity index (χ3v) is 5.78. The van der Waals surface area contributed by atoms with Crippen LogP contribution in [0.1, 0.15) is 27.0 Å². The molecule has 0 aliphatic carbocycles. The molecular weight excluding hydrogens is 477 g/mol. The van der Waals surface area contributed by atoms with E-state index >= 15 is 0 Å². The zero-order chi connectivity index (χ0) is 20.8. The summed E-state index contributed by atoms with van der Waals surface area (Å²) in [6, 6.07) is 20.4. The first-order chi connectivity index (χ1) is 13.9. The second kappa shape index (κ2) is 9.56. The average Bonchev–Trinajstić information content (AvgIpc) is 2.68. The molecule has 5 nitrogen and oxygen atoms in total. The molecule has 0 heterocycles. The summed E-state index contributed by atoms with van der Waals surface area (Å²) in [4.78, 5) is 24.7. The number of carbonyl (C=O) groups is 2. The quantitative estimate of drug-likeness (QED) is 0.407. The number of carbonyl (C=O) groups excluding carboxylic acids is 2. The minimum atomic E-state index is -0.314. The van der Waals surface area contributed by atoms with Crippen molar-refractivity contribution in [2.24, 2.45) is 0 Å². The molecule has 6 heteroatoms. The highest BCUT2D eigenvalue weighted by molar-refractivity contribution is 14.1. The van der Waals surface area contributed by atoms with E-state index in [1.807, 2.05) is 80.6 Å². The Kier molecular flexibility index (Phi) is 6.87. The highest BCUT2D eigenvalue weighted by atomic mass is 127. The van der Waals surface area contributed by atoms with Crippen molar-refractivity contribution < 1.29 is 9.59 Å². The van der Waals surface area contributed by atoms with Gasteiger partial charge < -0.3 is 16.0 Å². The molecule has 0 aliphatic heterocycles. The first kappa shape index (κ1) is 20.9. The van der Waals surface area contributed by atoms with Crippen LogP contribution in [0.25, 0.3) is 0 Å². The lowest BCUT2D eigenvalue weighted by atomic mass is 10.1. The Bertz CT molecular complexity index is 1050. The van der Waals surface area contributed by atoms with E-state index in [0.717, 1.165) is 25.9 Å². The number of halogens is 1. The molecule has 0 aromatic heterocycles. The monoisotopic (exact) mass is 499 g/mol. The van der Waals surface area contributed by atoms with E-state index < -0.39 is 0 Å². The molecule has 3 aromatic carbocycles. The number of aryl methyl sites for hydroxylation is 2. The summed E-state index contributed by atoms with van der Waals surface area (Å²) in [5.74, 6) is -0.117. The van der Waals surface area contributed by atoms with Crippen LogP contribution in [0, 0.1) is 17.4 Å². The number of hydrogen-bond donors (Lipinski definition) is 3. The van der Waals surface area contributed by atoms with Gasteiger partial charge in [0.15, 0.2) is 0 Å².